The molecule has 3 rings (SSSR count). The lowest BCUT2D eigenvalue weighted by molar-refractivity contribution is -0.136. The summed E-state index contributed by atoms with van der Waals surface area (Å²) in [6.07, 6.45) is 0.793. The number of carbonyl (C=O) groups excluding carboxylic acids is 1. The third-order valence-electron chi connectivity index (χ3n) is 4.40. The van der Waals surface area contributed by atoms with Gasteiger partial charge in [0.25, 0.3) is 0 Å². The summed E-state index contributed by atoms with van der Waals surface area (Å²) in [5.74, 6) is 0.794. The molecular formula is C19H22N2O2. The highest BCUT2D eigenvalue weighted by Crippen LogP contribution is 2.35. The SMILES string of the molecule is COc1ccc2c(c1)CN(C(=O)[C@H](C)N)C(c1ccccc1)C2. The van der Waals surface area contributed by atoms with Gasteiger partial charge in [-0.3, -0.25) is 4.79 Å². The number of methoxy groups -OCH3 is 1. The molecule has 0 bridgehead atoms. The van der Waals surface area contributed by atoms with Crippen LogP contribution in [0.5, 0.6) is 5.75 Å². The van der Waals surface area contributed by atoms with E-state index in [4.69, 9.17) is 10.5 Å². The molecule has 2 atom stereocenters. The van der Waals surface area contributed by atoms with Gasteiger partial charge in [0, 0.05) is 6.54 Å². The summed E-state index contributed by atoms with van der Waals surface area (Å²) in [5, 5.41) is 0. The van der Waals surface area contributed by atoms with Crippen molar-refractivity contribution in [1.29, 1.82) is 0 Å². The third kappa shape index (κ3) is 3.08. The van der Waals surface area contributed by atoms with Gasteiger partial charge in [0.1, 0.15) is 5.75 Å². The van der Waals surface area contributed by atoms with Crippen molar-refractivity contribution in [2.75, 3.05) is 7.11 Å². The fraction of sp³-hybridized carbons (Fsp3) is 0.316. The molecule has 23 heavy (non-hydrogen) atoms. The smallest absolute Gasteiger partial charge is 0.240 e. The summed E-state index contributed by atoms with van der Waals surface area (Å²) >= 11 is 0. The molecule has 0 aliphatic carbocycles. The fourth-order valence-electron chi connectivity index (χ4n) is 3.15. The van der Waals surface area contributed by atoms with E-state index in [1.54, 1.807) is 14.0 Å². The molecule has 0 saturated heterocycles. The quantitative estimate of drug-likeness (QED) is 0.948. The van der Waals surface area contributed by atoms with Gasteiger partial charge < -0.3 is 15.4 Å². The van der Waals surface area contributed by atoms with Crippen molar-refractivity contribution in [3.05, 3.63) is 65.2 Å². The van der Waals surface area contributed by atoms with Gasteiger partial charge in [-0.05, 0) is 42.2 Å². The molecular weight excluding hydrogens is 288 g/mol. The zero-order valence-electron chi connectivity index (χ0n) is 13.5. The molecule has 2 aromatic carbocycles. The summed E-state index contributed by atoms with van der Waals surface area (Å²) in [6, 6.07) is 15.7. The van der Waals surface area contributed by atoms with E-state index in [0.29, 0.717) is 6.54 Å². The monoisotopic (exact) mass is 310 g/mol. The van der Waals surface area contributed by atoms with Crippen molar-refractivity contribution in [3.8, 4) is 5.75 Å². The van der Waals surface area contributed by atoms with Gasteiger partial charge in [0.05, 0.1) is 19.2 Å². The summed E-state index contributed by atoms with van der Waals surface area (Å²) in [5.41, 5.74) is 9.40. The molecule has 2 N–H and O–H groups in total. The van der Waals surface area contributed by atoms with Gasteiger partial charge >= 0.3 is 0 Å². The van der Waals surface area contributed by atoms with Gasteiger partial charge in [-0.2, -0.15) is 0 Å². The van der Waals surface area contributed by atoms with E-state index >= 15 is 0 Å². The Morgan fingerprint density at radius 2 is 1.96 bits per heavy atom. The highest BCUT2D eigenvalue weighted by Gasteiger charge is 2.32. The minimum atomic E-state index is -0.506. The van der Waals surface area contributed by atoms with E-state index < -0.39 is 6.04 Å². The second-order valence-electron chi connectivity index (χ2n) is 6.02. The zero-order valence-corrected chi connectivity index (χ0v) is 13.5. The van der Waals surface area contributed by atoms with E-state index in [1.165, 1.54) is 5.56 Å². The van der Waals surface area contributed by atoms with Crippen LogP contribution in [-0.2, 0) is 17.8 Å². The highest BCUT2D eigenvalue weighted by atomic mass is 16.5. The molecule has 1 aliphatic rings. The number of rotatable bonds is 3. The van der Waals surface area contributed by atoms with Gasteiger partial charge in [0.2, 0.25) is 5.91 Å². The first-order chi connectivity index (χ1) is 11.1. The lowest BCUT2D eigenvalue weighted by Crippen LogP contribution is -2.46. The van der Waals surface area contributed by atoms with Crippen LogP contribution in [0.15, 0.2) is 48.5 Å². The Kier molecular flexibility index (Phi) is 4.35. The standard InChI is InChI=1S/C19H22N2O2/c1-13(20)19(22)21-12-16-10-17(23-2)9-8-15(16)11-18(21)14-6-4-3-5-7-14/h3-10,13,18H,11-12,20H2,1-2H3/t13-,18?/m0/s1. The number of benzene rings is 2. The molecule has 1 aliphatic heterocycles. The molecule has 4 nitrogen and oxygen atoms in total. The number of nitrogens with two attached hydrogens (primary N) is 1. The molecule has 120 valence electrons. The van der Waals surface area contributed by atoms with Crippen LogP contribution in [0.25, 0.3) is 0 Å². The fourth-order valence-corrected chi connectivity index (χ4v) is 3.15. The van der Waals surface area contributed by atoms with Crippen molar-refractivity contribution in [1.82, 2.24) is 4.90 Å². The number of nitrogens with zero attached hydrogens (tertiary/aromatic N) is 1. The van der Waals surface area contributed by atoms with Crippen LogP contribution in [0.2, 0.25) is 0 Å². The Morgan fingerprint density at radius 3 is 2.61 bits per heavy atom. The topological polar surface area (TPSA) is 55.6 Å². The van der Waals surface area contributed by atoms with Crippen LogP contribution >= 0.6 is 0 Å². The normalized spacial score (nSPS) is 18.2. The van der Waals surface area contributed by atoms with E-state index in [0.717, 1.165) is 23.3 Å². The minimum Gasteiger partial charge on any atom is -0.497 e. The van der Waals surface area contributed by atoms with Crippen LogP contribution < -0.4 is 10.5 Å². The van der Waals surface area contributed by atoms with E-state index in [9.17, 15) is 4.79 Å². The van der Waals surface area contributed by atoms with Crippen molar-refractivity contribution >= 4 is 5.91 Å². The number of hydrogen-bond acceptors (Lipinski definition) is 3. The molecule has 0 spiro atoms. The van der Waals surface area contributed by atoms with Crippen LogP contribution in [0, 0.1) is 0 Å². The molecule has 0 radical (unpaired) electrons. The summed E-state index contributed by atoms with van der Waals surface area (Å²) < 4.78 is 5.31. The molecule has 0 saturated carbocycles. The first-order valence-corrected chi connectivity index (χ1v) is 7.87. The number of amides is 1. The molecule has 4 heteroatoms. The molecule has 0 aromatic heterocycles. The summed E-state index contributed by atoms with van der Waals surface area (Å²) in [4.78, 5) is 14.5. The average Bonchev–Trinajstić information content (AvgIpc) is 2.60. The Labute approximate surface area is 136 Å². The lowest BCUT2D eigenvalue weighted by atomic mass is 9.89. The largest absolute Gasteiger partial charge is 0.497 e. The molecule has 0 fully saturated rings. The maximum atomic E-state index is 12.6. The zero-order chi connectivity index (χ0) is 16.4. The Hall–Kier alpha value is -2.33. The highest BCUT2D eigenvalue weighted by molar-refractivity contribution is 5.82. The van der Waals surface area contributed by atoms with Crippen molar-refractivity contribution in [2.45, 2.75) is 32.0 Å². The van der Waals surface area contributed by atoms with Crippen LogP contribution in [0.1, 0.15) is 29.7 Å². The number of fused-ring (bicyclic) bond motifs is 1. The summed E-state index contributed by atoms with van der Waals surface area (Å²) in [6.45, 7) is 2.30. The van der Waals surface area contributed by atoms with Crippen LogP contribution in [0.3, 0.4) is 0 Å². The van der Waals surface area contributed by atoms with Gasteiger partial charge in [-0.1, -0.05) is 36.4 Å². The van der Waals surface area contributed by atoms with Crippen LogP contribution in [-0.4, -0.2) is 24.0 Å². The van der Waals surface area contributed by atoms with Crippen LogP contribution in [0.4, 0.5) is 0 Å². The molecule has 2 aromatic rings. The third-order valence-corrected chi connectivity index (χ3v) is 4.40. The van der Waals surface area contributed by atoms with Gasteiger partial charge in [-0.25, -0.2) is 0 Å². The maximum absolute atomic E-state index is 12.6. The number of hydrogen-bond donors (Lipinski definition) is 1. The van der Waals surface area contributed by atoms with E-state index in [2.05, 4.69) is 18.2 Å². The maximum Gasteiger partial charge on any atom is 0.240 e. The van der Waals surface area contributed by atoms with E-state index in [1.807, 2.05) is 35.2 Å². The Balaban J connectivity index is 2.01. The Morgan fingerprint density at radius 1 is 1.22 bits per heavy atom. The van der Waals surface area contributed by atoms with E-state index in [-0.39, 0.29) is 11.9 Å². The summed E-state index contributed by atoms with van der Waals surface area (Å²) in [7, 11) is 1.65. The first kappa shape index (κ1) is 15.6. The molecule has 1 unspecified atom stereocenters. The first-order valence-electron chi connectivity index (χ1n) is 7.87. The van der Waals surface area contributed by atoms with Gasteiger partial charge in [-0.15, -0.1) is 0 Å². The van der Waals surface area contributed by atoms with Gasteiger partial charge in [0.15, 0.2) is 0 Å². The average molecular weight is 310 g/mol. The second kappa shape index (κ2) is 6.42. The predicted octanol–water partition coefficient (Wildman–Crippen LogP) is 2.67. The second-order valence-corrected chi connectivity index (χ2v) is 6.02. The molecule has 1 heterocycles. The predicted molar refractivity (Wildman–Crippen MR) is 90.1 cm³/mol. The Bertz CT molecular complexity index is 698. The number of carbonyl (C=O) groups is 1. The van der Waals surface area contributed by atoms with Crippen molar-refractivity contribution in [2.24, 2.45) is 5.73 Å². The lowest BCUT2D eigenvalue weighted by Gasteiger charge is -2.38. The minimum absolute atomic E-state index is 0.0210. The van der Waals surface area contributed by atoms with Crippen molar-refractivity contribution in [3.63, 3.8) is 0 Å². The number of ether oxygens (including phenoxy) is 1. The van der Waals surface area contributed by atoms with Crippen molar-refractivity contribution < 1.29 is 9.53 Å². The molecule has 1 amide bonds.